The Hall–Kier alpha value is -1.84. The van der Waals surface area contributed by atoms with Gasteiger partial charge in [-0.3, -0.25) is 0 Å². The van der Waals surface area contributed by atoms with E-state index in [1.807, 2.05) is 18.2 Å². The molecule has 0 aliphatic carbocycles. The van der Waals surface area contributed by atoms with Crippen molar-refractivity contribution >= 4 is 22.6 Å². The van der Waals surface area contributed by atoms with Crippen LogP contribution >= 0.6 is 11.6 Å². The van der Waals surface area contributed by atoms with E-state index in [0.29, 0.717) is 21.9 Å². The maximum absolute atomic E-state index is 13.3. The summed E-state index contributed by atoms with van der Waals surface area (Å²) in [6.07, 6.45) is 0. The van der Waals surface area contributed by atoms with Crippen molar-refractivity contribution in [3.05, 3.63) is 70.2 Å². The van der Waals surface area contributed by atoms with Gasteiger partial charge in [0, 0.05) is 5.39 Å². The van der Waals surface area contributed by atoms with Gasteiger partial charge in [-0.05, 0) is 36.2 Å². The SMILES string of the molecule is Cc1cc(C(N)c2cc3cccc(Cl)c3o2)ccc1F. The van der Waals surface area contributed by atoms with Gasteiger partial charge in [0.15, 0.2) is 5.58 Å². The molecule has 0 fully saturated rings. The highest BCUT2D eigenvalue weighted by molar-refractivity contribution is 6.34. The van der Waals surface area contributed by atoms with Crippen LogP contribution in [0.5, 0.6) is 0 Å². The van der Waals surface area contributed by atoms with Crippen LogP contribution in [0.15, 0.2) is 46.9 Å². The summed E-state index contributed by atoms with van der Waals surface area (Å²) in [6, 6.07) is 11.8. The van der Waals surface area contributed by atoms with Crippen LogP contribution in [-0.2, 0) is 0 Å². The fraction of sp³-hybridized carbons (Fsp3) is 0.125. The zero-order chi connectivity index (χ0) is 14.3. The second-order valence-electron chi connectivity index (χ2n) is 4.79. The normalized spacial score (nSPS) is 12.8. The van der Waals surface area contributed by atoms with Gasteiger partial charge in [0.25, 0.3) is 0 Å². The second-order valence-corrected chi connectivity index (χ2v) is 5.20. The van der Waals surface area contributed by atoms with Gasteiger partial charge in [0.2, 0.25) is 0 Å². The third-order valence-corrected chi connectivity index (χ3v) is 3.66. The number of hydrogen-bond acceptors (Lipinski definition) is 2. The number of rotatable bonds is 2. The van der Waals surface area contributed by atoms with Gasteiger partial charge in [-0.25, -0.2) is 4.39 Å². The molecule has 0 bridgehead atoms. The van der Waals surface area contributed by atoms with Crippen LogP contribution in [0.25, 0.3) is 11.0 Å². The number of hydrogen-bond donors (Lipinski definition) is 1. The lowest BCUT2D eigenvalue weighted by Gasteiger charge is -2.10. The summed E-state index contributed by atoms with van der Waals surface area (Å²) in [5.74, 6) is 0.368. The van der Waals surface area contributed by atoms with Gasteiger partial charge in [0.1, 0.15) is 11.6 Å². The number of halogens is 2. The summed E-state index contributed by atoms with van der Waals surface area (Å²) in [7, 11) is 0. The number of nitrogens with two attached hydrogens (primary N) is 1. The van der Waals surface area contributed by atoms with Crippen molar-refractivity contribution in [2.45, 2.75) is 13.0 Å². The second kappa shape index (κ2) is 4.93. The first-order valence-electron chi connectivity index (χ1n) is 6.26. The Kier molecular flexibility index (Phi) is 3.24. The average Bonchev–Trinajstić information content (AvgIpc) is 2.86. The van der Waals surface area contributed by atoms with Crippen LogP contribution in [0, 0.1) is 12.7 Å². The molecular weight excluding hydrogens is 277 g/mol. The number of para-hydroxylation sites is 1. The molecule has 4 heteroatoms. The molecule has 3 aromatic rings. The lowest BCUT2D eigenvalue weighted by atomic mass is 10.0. The minimum atomic E-state index is -0.447. The van der Waals surface area contributed by atoms with Crippen molar-refractivity contribution in [3.63, 3.8) is 0 Å². The van der Waals surface area contributed by atoms with Crippen molar-refractivity contribution in [3.8, 4) is 0 Å². The maximum Gasteiger partial charge on any atom is 0.152 e. The van der Waals surface area contributed by atoms with Crippen LogP contribution in [0.3, 0.4) is 0 Å². The Morgan fingerprint density at radius 1 is 1.20 bits per heavy atom. The minimum absolute atomic E-state index is 0.242. The molecule has 0 radical (unpaired) electrons. The van der Waals surface area contributed by atoms with Crippen molar-refractivity contribution in [1.82, 2.24) is 0 Å². The quantitative estimate of drug-likeness (QED) is 0.750. The molecule has 0 aliphatic heterocycles. The monoisotopic (exact) mass is 289 g/mol. The van der Waals surface area contributed by atoms with E-state index < -0.39 is 6.04 Å². The zero-order valence-electron chi connectivity index (χ0n) is 10.9. The van der Waals surface area contributed by atoms with Crippen molar-refractivity contribution in [2.24, 2.45) is 5.73 Å². The summed E-state index contributed by atoms with van der Waals surface area (Å²) in [4.78, 5) is 0. The fourth-order valence-electron chi connectivity index (χ4n) is 2.23. The number of aryl methyl sites for hydroxylation is 1. The minimum Gasteiger partial charge on any atom is -0.457 e. The molecule has 0 amide bonds. The molecule has 102 valence electrons. The van der Waals surface area contributed by atoms with Crippen LogP contribution in [0.4, 0.5) is 4.39 Å². The lowest BCUT2D eigenvalue weighted by Crippen LogP contribution is -2.11. The first kappa shape index (κ1) is 13.2. The predicted octanol–water partition coefficient (Wildman–Crippen LogP) is 4.58. The fourth-order valence-corrected chi connectivity index (χ4v) is 2.45. The molecule has 2 aromatic carbocycles. The number of benzene rings is 2. The molecule has 0 saturated heterocycles. The molecule has 3 rings (SSSR count). The van der Waals surface area contributed by atoms with Gasteiger partial charge >= 0.3 is 0 Å². The number of furan rings is 1. The lowest BCUT2D eigenvalue weighted by molar-refractivity contribution is 0.524. The Morgan fingerprint density at radius 2 is 2.00 bits per heavy atom. The molecule has 0 aliphatic rings. The molecule has 1 unspecified atom stereocenters. The molecule has 20 heavy (non-hydrogen) atoms. The van der Waals surface area contributed by atoms with E-state index in [1.165, 1.54) is 6.07 Å². The summed E-state index contributed by atoms with van der Waals surface area (Å²) in [5, 5.41) is 1.46. The number of fused-ring (bicyclic) bond motifs is 1. The summed E-state index contributed by atoms with van der Waals surface area (Å²) < 4.78 is 19.0. The van der Waals surface area contributed by atoms with Crippen LogP contribution in [0.1, 0.15) is 22.9 Å². The van der Waals surface area contributed by atoms with Gasteiger partial charge in [-0.2, -0.15) is 0 Å². The third-order valence-electron chi connectivity index (χ3n) is 3.36. The summed E-state index contributed by atoms with van der Waals surface area (Å²) in [5.41, 5.74) is 8.18. The molecular formula is C16H13ClFNO. The van der Waals surface area contributed by atoms with Gasteiger partial charge in [-0.15, -0.1) is 0 Å². The van der Waals surface area contributed by atoms with Crippen molar-refractivity contribution in [2.75, 3.05) is 0 Å². The first-order chi connectivity index (χ1) is 9.56. The van der Waals surface area contributed by atoms with E-state index in [1.54, 1.807) is 25.1 Å². The zero-order valence-corrected chi connectivity index (χ0v) is 11.6. The Labute approximate surface area is 121 Å². The van der Waals surface area contributed by atoms with Crippen molar-refractivity contribution < 1.29 is 8.81 Å². The van der Waals surface area contributed by atoms with E-state index in [4.69, 9.17) is 21.8 Å². The van der Waals surface area contributed by atoms with E-state index >= 15 is 0 Å². The summed E-state index contributed by atoms with van der Waals surface area (Å²) in [6.45, 7) is 1.71. The molecule has 2 nitrogen and oxygen atoms in total. The molecule has 0 saturated carbocycles. The van der Waals surface area contributed by atoms with Gasteiger partial charge in [0.05, 0.1) is 11.1 Å². The largest absolute Gasteiger partial charge is 0.457 e. The summed E-state index contributed by atoms with van der Waals surface area (Å²) >= 11 is 6.08. The highest BCUT2D eigenvalue weighted by Crippen LogP contribution is 2.31. The molecule has 1 heterocycles. The Balaban J connectivity index is 2.05. The Bertz CT molecular complexity index is 781. The van der Waals surface area contributed by atoms with E-state index in [9.17, 15) is 4.39 Å². The smallest absolute Gasteiger partial charge is 0.152 e. The Morgan fingerprint density at radius 3 is 2.70 bits per heavy atom. The first-order valence-corrected chi connectivity index (χ1v) is 6.63. The molecule has 0 spiro atoms. The predicted molar refractivity (Wildman–Crippen MR) is 78.4 cm³/mol. The highest BCUT2D eigenvalue weighted by Gasteiger charge is 2.16. The topological polar surface area (TPSA) is 39.2 Å². The van der Waals surface area contributed by atoms with E-state index in [0.717, 1.165) is 10.9 Å². The highest BCUT2D eigenvalue weighted by atomic mass is 35.5. The standard InChI is InChI=1S/C16H13ClFNO/c1-9-7-10(5-6-13(9)18)15(19)14-8-11-3-2-4-12(17)16(11)20-14/h2-8,15H,19H2,1H3. The average molecular weight is 290 g/mol. The van der Waals surface area contributed by atoms with Crippen molar-refractivity contribution in [1.29, 1.82) is 0 Å². The van der Waals surface area contributed by atoms with Crippen LogP contribution in [0.2, 0.25) is 5.02 Å². The van der Waals surface area contributed by atoms with Gasteiger partial charge in [-0.1, -0.05) is 35.9 Å². The molecule has 1 aromatic heterocycles. The van der Waals surface area contributed by atoms with Crippen LogP contribution < -0.4 is 5.73 Å². The van der Waals surface area contributed by atoms with E-state index in [-0.39, 0.29) is 5.82 Å². The van der Waals surface area contributed by atoms with Crippen LogP contribution in [-0.4, -0.2) is 0 Å². The van der Waals surface area contributed by atoms with Gasteiger partial charge < -0.3 is 10.2 Å². The molecule has 1 atom stereocenters. The maximum atomic E-state index is 13.3. The third kappa shape index (κ3) is 2.19. The van der Waals surface area contributed by atoms with E-state index in [2.05, 4.69) is 0 Å². The molecule has 2 N–H and O–H groups in total.